The van der Waals surface area contributed by atoms with Gasteiger partial charge in [-0.05, 0) is 0 Å². The Hall–Kier alpha value is 1.73. The van der Waals surface area contributed by atoms with Crippen LogP contribution in [0.5, 0.6) is 0 Å². The van der Waals surface area contributed by atoms with E-state index in [0.717, 1.165) is 0 Å². The number of fused-ring (bicyclic) bond motifs is 7. The second kappa shape index (κ2) is 3.38. The average Bonchev–Trinajstić information content (AvgIpc) is 2.98. The molecule has 4 aliphatic rings. The summed E-state index contributed by atoms with van der Waals surface area (Å²) >= 11 is 45.0. The molecule has 3 fully saturated rings. The van der Waals surface area contributed by atoms with Crippen molar-refractivity contribution < 1.29 is 4.74 Å². The molecule has 0 spiro atoms. The summed E-state index contributed by atoms with van der Waals surface area (Å²) < 4.78 is 4.00. The molecule has 8 heteroatoms. The summed E-state index contributed by atoms with van der Waals surface area (Å²) in [6.07, 6.45) is -0.152. The molecule has 1 nitrogen and oxygen atoms in total. The van der Waals surface area contributed by atoms with Crippen LogP contribution in [-0.4, -0.2) is 31.7 Å². The van der Waals surface area contributed by atoms with Gasteiger partial charge in [0.05, 0.1) is 21.5 Å². The van der Waals surface area contributed by atoms with Gasteiger partial charge in [0, 0.05) is 11.8 Å². The number of rotatable bonds is 0. The normalized spacial score (nSPS) is 63.2. The summed E-state index contributed by atoms with van der Waals surface area (Å²) in [5.41, 5.74) is 0. The maximum atomic E-state index is 6.65. The monoisotopic (exact) mass is 386 g/mol. The molecule has 1 heterocycles. The van der Waals surface area contributed by atoms with E-state index in [4.69, 9.17) is 85.9 Å². The molecule has 0 radical (unpaired) electrons. The van der Waals surface area contributed by atoms with Gasteiger partial charge in [0.15, 0.2) is 4.33 Å². The first-order valence-electron chi connectivity index (χ1n) is 5.32. The summed E-state index contributed by atoms with van der Waals surface area (Å²) in [4.78, 5) is -2.48. The van der Waals surface area contributed by atoms with Gasteiger partial charge >= 0.3 is 0 Å². The molecule has 3 aliphatic carbocycles. The van der Waals surface area contributed by atoms with Crippen molar-refractivity contribution in [1.29, 1.82) is 0 Å². The van der Waals surface area contributed by atoms with E-state index in [-0.39, 0.29) is 39.5 Å². The molecule has 0 unspecified atom stereocenters. The van der Waals surface area contributed by atoms with Gasteiger partial charge in [0.2, 0.25) is 0 Å². The summed E-state index contributed by atoms with van der Waals surface area (Å²) in [5, 5.41) is 0.111. The second-order valence-corrected chi connectivity index (χ2v) is 8.97. The maximum absolute atomic E-state index is 6.65. The Bertz CT molecular complexity index is 476. The van der Waals surface area contributed by atoms with Crippen LogP contribution in [0, 0.1) is 11.8 Å². The fraction of sp³-hybridized carbons (Fsp3) is 0.800. The van der Waals surface area contributed by atoms with E-state index >= 15 is 0 Å². The molecule has 4 rings (SSSR count). The third kappa shape index (κ3) is 1.02. The lowest BCUT2D eigenvalue weighted by Crippen LogP contribution is -2.46. The zero-order valence-electron chi connectivity index (χ0n) is 8.44. The Labute approximate surface area is 139 Å². The number of hydrogen-bond acceptors (Lipinski definition) is 1. The molecule has 2 saturated carbocycles. The number of hydrogen-bond donors (Lipinski definition) is 0. The highest BCUT2D eigenvalue weighted by Crippen LogP contribution is 2.81. The van der Waals surface area contributed by atoms with E-state index in [9.17, 15) is 0 Å². The number of halogens is 7. The lowest BCUT2D eigenvalue weighted by atomic mass is 9.83. The molecule has 0 aromatic rings. The molecule has 18 heavy (non-hydrogen) atoms. The molecule has 0 aromatic carbocycles. The summed E-state index contributed by atoms with van der Waals surface area (Å²) in [6.45, 7) is 0. The van der Waals surface area contributed by atoms with Crippen molar-refractivity contribution in [3.63, 3.8) is 0 Å². The smallest absolute Gasteiger partial charge is 0.166 e. The molecule has 1 aliphatic heterocycles. The SMILES string of the molecule is ClC1=C(Cl)[C@]2(Cl)[C@H]3[C@H]4O[C@@H]4[C@H](Cl)[C@H]3[C@]1(Cl)C2(Cl)Cl. The molecular formula is C10H5Cl7O. The van der Waals surface area contributed by atoms with Crippen molar-refractivity contribution in [2.75, 3.05) is 0 Å². The van der Waals surface area contributed by atoms with Crippen molar-refractivity contribution in [3.05, 3.63) is 10.1 Å². The first kappa shape index (κ1) is 13.4. The third-order valence-corrected chi connectivity index (χ3v) is 9.44. The van der Waals surface area contributed by atoms with Crippen molar-refractivity contribution in [3.8, 4) is 0 Å². The van der Waals surface area contributed by atoms with Gasteiger partial charge in [-0.2, -0.15) is 0 Å². The second-order valence-electron chi connectivity index (χ2n) is 5.19. The van der Waals surface area contributed by atoms with Crippen LogP contribution in [0.2, 0.25) is 0 Å². The summed E-state index contributed by atoms with van der Waals surface area (Å²) in [7, 11) is 0. The van der Waals surface area contributed by atoms with E-state index < -0.39 is 14.1 Å². The van der Waals surface area contributed by atoms with Crippen molar-refractivity contribution in [2.24, 2.45) is 11.8 Å². The minimum absolute atomic E-state index is 0.0608. The van der Waals surface area contributed by atoms with E-state index in [1.165, 1.54) is 0 Å². The van der Waals surface area contributed by atoms with E-state index in [1.807, 2.05) is 0 Å². The third-order valence-electron chi connectivity index (χ3n) is 4.62. The summed E-state index contributed by atoms with van der Waals surface area (Å²) in [6, 6.07) is 0. The number of allylic oxidation sites excluding steroid dienone is 2. The molecule has 0 N–H and O–H groups in total. The largest absolute Gasteiger partial charge is 0.368 e. The van der Waals surface area contributed by atoms with Crippen molar-refractivity contribution in [1.82, 2.24) is 0 Å². The minimum atomic E-state index is -1.50. The van der Waals surface area contributed by atoms with Crippen LogP contribution in [0.25, 0.3) is 0 Å². The predicted octanol–water partition coefficient (Wildman–Crippen LogP) is 4.45. The molecule has 0 amide bonds. The van der Waals surface area contributed by atoms with Gasteiger partial charge < -0.3 is 4.74 Å². The van der Waals surface area contributed by atoms with Crippen LogP contribution in [-0.2, 0) is 4.74 Å². The Kier molecular flexibility index (Phi) is 2.52. The molecule has 1 saturated heterocycles. The zero-order chi connectivity index (χ0) is 13.2. The van der Waals surface area contributed by atoms with Crippen LogP contribution >= 0.6 is 81.2 Å². The van der Waals surface area contributed by atoms with Crippen molar-refractivity contribution in [2.45, 2.75) is 31.7 Å². The van der Waals surface area contributed by atoms with Crippen LogP contribution in [0.1, 0.15) is 0 Å². The molecule has 0 aromatic heterocycles. The highest BCUT2D eigenvalue weighted by molar-refractivity contribution is 6.66. The fourth-order valence-electron chi connectivity index (χ4n) is 3.80. The highest BCUT2D eigenvalue weighted by atomic mass is 35.5. The van der Waals surface area contributed by atoms with Crippen LogP contribution in [0.4, 0.5) is 0 Å². The lowest BCUT2D eigenvalue weighted by molar-refractivity contribution is 0.204. The zero-order valence-corrected chi connectivity index (χ0v) is 13.7. The molecule has 2 bridgehead atoms. The van der Waals surface area contributed by atoms with E-state index in [2.05, 4.69) is 0 Å². The first-order valence-corrected chi connectivity index (χ1v) is 8.02. The number of alkyl halides is 5. The van der Waals surface area contributed by atoms with Gasteiger partial charge in [-0.3, -0.25) is 0 Å². The Morgan fingerprint density at radius 3 is 1.89 bits per heavy atom. The van der Waals surface area contributed by atoms with E-state index in [0.29, 0.717) is 0 Å². The maximum Gasteiger partial charge on any atom is 0.166 e. The average molecular weight is 389 g/mol. The van der Waals surface area contributed by atoms with Crippen LogP contribution in [0.15, 0.2) is 10.1 Å². The lowest BCUT2D eigenvalue weighted by Gasteiger charge is -2.35. The standard InChI is InChI=1S/C10H5Cl7O/c11-3-1-2(4-5(3)18-4)9(15)7(13)6(12)8(1,14)10(9,16)17/h1-5H/t1-,2+,3+,4+,5+,8+,9+/m0/s1. The fourth-order valence-corrected chi connectivity index (χ4v) is 7.49. The van der Waals surface area contributed by atoms with Crippen molar-refractivity contribution >= 4 is 81.2 Å². The van der Waals surface area contributed by atoms with Gasteiger partial charge in [0.25, 0.3) is 0 Å². The Morgan fingerprint density at radius 2 is 1.33 bits per heavy atom. The molecule has 7 atom stereocenters. The Morgan fingerprint density at radius 1 is 0.833 bits per heavy atom. The van der Waals surface area contributed by atoms with Gasteiger partial charge in [-0.25, -0.2) is 0 Å². The van der Waals surface area contributed by atoms with Gasteiger partial charge in [0.1, 0.15) is 15.9 Å². The highest BCUT2D eigenvalue weighted by Gasteiger charge is 2.89. The molecule has 100 valence electrons. The predicted molar refractivity (Wildman–Crippen MR) is 75.6 cm³/mol. The van der Waals surface area contributed by atoms with E-state index in [1.54, 1.807) is 0 Å². The Balaban J connectivity index is 2.01. The quantitative estimate of drug-likeness (QED) is 0.441. The summed E-state index contributed by atoms with van der Waals surface area (Å²) in [5.74, 6) is -0.457. The molecular weight excluding hydrogens is 384 g/mol. The minimum Gasteiger partial charge on any atom is -0.368 e. The first-order chi connectivity index (χ1) is 8.20. The van der Waals surface area contributed by atoms with Crippen LogP contribution in [0.3, 0.4) is 0 Å². The number of ether oxygens (including phenoxy) is 1. The van der Waals surface area contributed by atoms with Crippen LogP contribution < -0.4 is 0 Å². The number of epoxide rings is 1. The van der Waals surface area contributed by atoms with Gasteiger partial charge in [-0.15, -0.1) is 34.8 Å². The van der Waals surface area contributed by atoms with Gasteiger partial charge in [-0.1, -0.05) is 46.4 Å². The topological polar surface area (TPSA) is 12.5 Å².